The van der Waals surface area contributed by atoms with E-state index in [2.05, 4.69) is 71.5 Å². The van der Waals surface area contributed by atoms with E-state index in [9.17, 15) is 14.7 Å². The molecule has 0 spiro atoms. The molecule has 3 aromatic carbocycles. The maximum atomic E-state index is 13.5. The van der Waals surface area contributed by atoms with Crippen molar-refractivity contribution in [2.45, 2.75) is 26.7 Å². The summed E-state index contributed by atoms with van der Waals surface area (Å²) in [6.07, 6.45) is 2.19. The number of aliphatic carboxylic acids is 1. The minimum Gasteiger partial charge on any atom is -0.476 e. The molecule has 3 aromatic heterocycles. The highest BCUT2D eigenvalue weighted by molar-refractivity contribution is 7.39. The van der Waals surface area contributed by atoms with Gasteiger partial charge in [-0.1, -0.05) is 42.0 Å². The number of para-hydroxylation sites is 1. The first-order valence-electron chi connectivity index (χ1n) is 14.7. The van der Waals surface area contributed by atoms with Crippen LogP contribution in [0.2, 0.25) is 0 Å². The third kappa shape index (κ3) is 4.70. The second kappa shape index (κ2) is 10.8. The summed E-state index contributed by atoms with van der Waals surface area (Å²) in [6.45, 7) is 4.96. The van der Waals surface area contributed by atoms with Gasteiger partial charge in [0, 0.05) is 37.1 Å². The van der Waals surface area contributed by atoms with E-state index in [1.165, 1.54) is 52.1 Å². The molecule has 0 bridgehead atoms. The van der Waals surface area contributed by atoms with Gasteiger partial charge >= 0.3 is 5.97 Å². The van der Waals surface area contributed by atoms with Crippen LogP contribution in [0.25, 0.3) is 34.8 Å². The Balaban J connectivity index is 1.14. The van der Waals surface area contributed by atoms with E-state index in [0.29, 0.717) is 11.3 Å². The Bertz CT molecular complexity index is 2220. The number of hydrogen-bond acceptors (Lipinski definition) is 7. The molecular weight excluding hydrogens is 619 g/mol. The van der Waals surface area contributed by atoms with E-state index in [1.807, 2.05) is 13.0 Å². The van der Waals surface area contributed by atoms with Gasteiger partial charge in [0.2, 0.25) is 0 Å². The predicted molar refractivity (Wildman–Crippen MR) is 189 cm³/mol. The molecule has 0 radical (unpaired) electrons. The highest BCUT2D eigenvalue weighted by Crippen LogP contribution is 2.48. The highest BCUT2D eigenvalue weighted by atomic mass is 32.1. The van der Waals surface area contributed by atoms with Gasteiger partial charge in [0.15, 0.2) is 5.71 Å². The van der Waals surface area contributed by atoms with E-state index in [1.54, 1.807) is 58.3 Å². The number of thiophene rings is 3. The quantitative estimate of drug-likeness (QED) is 0.190. The second-order valence-corrected chi connectivity index (χ2v) is 14.5. The molecular formula is C36H27N3O3S3. The summed E-state index contributed by atoms with van der Waals surface area (Å²) in [6, 6.07) is 28.9. The molecule has 0 aliphatic carbocycles. The van der Waals surface area contributed by atoms with Crippen LogP contribution < -0.4 is 9.91 Å². The zero-order chi connectivity index (χ0) is 30.8. The summed E-state index contributed by atoms with van der Waals surface area (Å²) >= 11 is 5.14. The first-order valence-corrected chi connectivity index (χ1v) is 17.2. The molecule has 5 heterocycles. The van der Waals surface area contributed by atoms with Gasteiger partial charge in [-0.2, -0.15) is 10.1 Å². The fourth-order valence-corrected chi connectivity index (χ4v) is 10.2. The fourth-order valence-electron chi connectivity index (χ4n) is 6.16. The minimum atomic E-state index is -1.22. The summed E-state index contributed by atoms with van der Waals surface area (Å²) in [5, 5.41) is 15.3. The van der Waals surface area contributed by atoms with Gasteiger partial charge in [0.25, 0.3) is 5.91 Å². The van der Waals surface area contributed by atoms with Crippen LogP contribution in [-0.4, -0.2) is 29.2 Å². The zero-order valence-corrected chi connectivity index (χ0v) is 27.0. The van der Waals surface area contributed by atoms with Crippen molar-refractivity contribution in [3.63, 3.8) is 0 Å². The van der Waals surface area contributed by atoms with Gasteiger partial charge in [-0.3, -0.25) is 4.79 Å². The minimum absolute atomic E-state index is 0.136. The normalized spacial score (nSPS) is 16.0. The van der Waals surface area contributed by atoms with Crippen molar-refractivity contribution in [3.8, 4) is 10.4 Å². The van der Waals surface area contributed by atoms with Crippen molar-refractivity contribution in [2.24, 2.45) is 5.10 Å². The molecule has 0 fully saturated rings. The van der Waals surface area contributed by atoms with Gasteiger partial charge in [0.1, 0.15) is 0 Å². The molecule has 0 unspecified atom stereocenters. The number of hydrogen-bond donors (Lipinski definition) is 1. The lowest BCUT2D eigenvalue weighted by molar-refractivity contribution is -0.129. The van der Waals surface area contributed by atoms with E-state index >= 15 is 0 Å². The maximum Gasteiger partial charge on any atom is 0.357 e. The number of aryl methyl sites for hydroxylation is 2. The first-order chi connectivity index (χ1) is 21.9. The van der Waals surface area contributed by atoms with Gasteiger partial charge in [-0.15, -0.1) is 34.0 Å². The van der Waals surface area contributed by atoms with Crippen molar-refractivity contribution in [2.75, 3.05) is 16.5 Å². The average molecular weight is 646 g/mol. The lowest BCUT2D eigenvalue weighted by Gasteiger charge is -2.31. The van der Waals surface area contributed by atoms with Crippen LogP contribution in [0.15, 0.2) is 95.6 Å². The van der Waals surface area contributed by atoms with Gasteiger partial charge in [-0.25, -0.2) is 4.79 Å². The number of carbonyl (C=O) groups excluding carboxylic acids is 1. The SMILES string of the molecule is CC(=C1C(=O)N(c2ccccc2)N=C1C(=O)O)c1cc2sc3cc(-c4ccc5c(c4)CCCN5c4ccc(C)cc4)sc3c2s1. The summed E-state index contributed by atoms with van der Waals surface area (Å²) in [4.78, 5) is 30.2. The number of fused-ring (bicyclic) bond motifs is 4. The molecule has 0 atom stereocenters. The molecule has 2 aliphatic heterocycles. The Morgan fingerprint density at radius 3 is 2.40 bits per heavy atom. The highest BCUT2D eigenvalue weighted by Gasteiger charge is 2.37. The maximum absolute atomic E-state index is 13.5. The van der Waals surface area contributed by atoms with Gasteiger partial charge in [-0.05, 0) is 91.9 Å². The molecule has 0 saturated carbocycles. The molecule has 0 saturated heterocycles. The number of allylic oxidation sites excluding steroid dienone is 1. The van der Waals surface area contributed by atoms with E-state index in [-0.39, 0.29) is 11.3 Å². The first kappa shape index (κ1) is 27.9. The van der Waals surface area contributed by atoms with Crippen LogP contribution in [0.4, 0.5) is 17.1 Å². The second-order valence-electron chi connectivity index (χ2n) is 11.4. The molecule has 8 rings (SSSR count). The Morgan fingerprint density at radius 2 is 1.62 bits per heavy atom. The van der Waals surface area contributed by atoms with E-state index in [4.69, 9.17) is 0 Å². The number of rotatable bonds is 5. The smallest absolute Gasteiger partial charge is 0.357 e. The number of carboxylic acid groups (broad SMARTS) is 1. The number of carboxylic acids is 1. The third-order valence-corrected chi connectivity index (χ3v) is 12.4. The summed E-state index contributed by atoms with van der Waals surface area (Å²) in [5.74, 6) is -1.64. The molecule has 1 N–H and O–H groups in total. The van der Waals surface area contributed by atoms with Crippen molar-refractivity contribution in [1.29, 1.82) is 0 Å². The third-order valence-electron chi connectivity index (χ3n) is 8.44. The van der Waals surface area contributed by atoms with Crippen LogP contribution in [-0.2, 0) is 16.0 Å². The zero-order valence-electron chi connectivity index (χ0n) is 24.5. The standard InChI is InChI=1S/C36H27N3O3S3/c1-20-10-13-24(14-11-20)38-16-6-7-22-17-23(12-15-26(22)38)28-19-30-34(45-28)33-29(43-30)18-27(44-33)21(2)31-32(36(41)42)37-39(35(31)40)25-8-4-3-5-9-25/h3-5,8-15,17-19H,6-7,16H2,1-2H3,(H,41,42). The fraction of sp³-hybridized carbons (Fsp3) is 0.139. The van der Waals surface area contributed by atoms with Crippen LogP contribution in [0.5, 0.6) is 0 Å². The van der Waals surface area contributed by atoms with Crippen molar-refractivity contribution in [1.82, 2.24) is 0 Å². The number of benzene rings is 3. The monoisotopic (exact) mass is 645 g/mol. The number of nitrogens with zero attached hydrogens (tertiary/aromatic N) is 3. The Kier molecular flexibility index (Phi) is 6.71. The van der Waals surface area contributed by atoms with Gasteiger partial charge < -0.3 is 10.0 Å². The molecule has 9 heteroatoms. The van der Waals surface area contributed by atoms with Crippen molar-refractivity contribution in [3.05, 3.63) is 107 Å². The Labute approximate surface area is 271 Å². The molecule has 6 nitrogen and oxygen atoms in total. The number of hydrazone groups is 1. The van der Waals surface area contributed by atoms with Crippen LogP contribution in [0.3, 0.4) is 0 Å². The Morgan fingerprint density at radius 1 is 0.867 bits per heavy atom. The number of anilines is 3. The van der Waals surface area contributed by atoms with E-state index in [0.717, 1.165) is 29.0 Å². The Hall–Kier alpha value is -4.57. The number of amides is 1. The topological polar surface area (TPSA) is 73.2 Å². The molecule has 1 amide bonds. The molecule has 6 aromatic rings. The van der Waals surface area contributed by atoms with E-state index < -0.39 is 11.9 Å². The van der Waals surface area contributed by atoms with Crippen LogP contribution in [0, 0.1) is 6.92 Å². The molecule has 2 aliphatic rings. The lowest BCUT2D eigenvalue weighted by atomic mass is 9.98. The van der Waals surface area contributed by atoms with Gasteiger partial charge in [0.05, 0.1) is 20.7 Å². The average Bonchev–Trinajstić information content (AvgIpc) is 3.81. The van der Waals surface area contributed by atoms with Crippen molar-refractivity contribution < 1.29 is 14.7 Å². The van der Waals surface area contributed by atoms with Crippen molar-refractivity contribution >= 4 is 93.0 Å². The van der Waals surface area contributed by atoms with Crippen LogP contribution in [0.1, 0.15) is 29.3 Å². The molecule has 222 valence electrons. The summed E-state index contributed by atoms with van der Waals surface area (Å²) in [7, 11) is 0. The van der Waals surface area contributed by atoms with Crippen LogP contribution >= 0.6 is 34.0 Å². The predicted octanol–water partition coefficient (Wildman–Crippen LogP) is 9.50. The number of carbonyl (C=O) groups is 2. The summed E-state index contributed by atoms with van der Waals surface area (Å²) < 4.78 is 4.78. The molecule has 45 heavy (non-hydrogen) atoms. The largest absolute Gasteiger partial charge is 0.476 e. The lowest BCUT2D eigenvalue weighted by Crippen LogP contribution is -2.24. The summed E-state index contributed by atoms with van der Waals surface area (Å²) in [5.41, 5.74) is 7.48.